The van der Waals surface area contributed by atoms with E-state index in [0.717, 1.165) is 21.4 Å². The van der Waals surface area contributed by atoms with E-state index in [0.29, 0.717) is 12.1 Å². The number of anilines is 1. The van der Waals surface area contributed by atoms with E-state index in [9.17, 15) is 24.0 Å². The first-order valence-electron chi connectivity index (χ1n) is 12.0. The van der Waals surface area contributed by atoms with Crippen LogP contribution in [0.2, 0.25) is 0 Å². The molecule has 10 heteroatoms. The maximum Gasteiger partial charge on any atom is 0.266 e. The van der Waals surface area contributed by atoms with Crippen LogP contribution in [0.15, 0.2) is 48.7 Å². The lowest BCUT2D eigenvalue weighted by molar-refractivity contribution is -0.136. The van der Waals surface area contributed by atoms with Crippen molar-refractivity contribution in [3.63, 3.8) is 0 Å². The number of carbonyl (C=O) groups excluding carboxylic acids is 5. The van der Waals surface area contributed by atoms with Crippen LogP contribution in [0.4, 0.5) is 5.69 Å². The molecule has 5 amide bonds. The van der Waals surface area contributed by atoms with Crippen molar-refractivity contribution in [3.05, 3.63) is 65.4 Å². The lowest BCUT2D eigenvalue weighted by Gasteiger charge is -2.27. The number of imide groups is 2. The molecule has 1 unspecified atom stereocenters. The molecule has 2 N–H and O–H groups in total. The Morgan fingerprint density at radius 1 is 1.11 bits per heavy atom. The topological polar surface area (TPSA) is 135 Å². The summed E-state index contributed by atoms with van der Waals surface area (Å²) in [5, 5.41) is 6.02. The Kier molecular flexibility index (Phi) is 6.39. The summed E-state index contributed by atoms with van der Waals surface area (Å²) in [5.41, 5.74) is 2.65. The number of ether oxygens (including phenoxy) is 1. The number of aryl methyl sites for hydroxylation is 1. The van der Waals surface area contributed by atoms with Crippen molar-refractivity contribution in [2.45, 2.75) is 38.6 Å². The normalized spacial score (nSPS) is 17.1. The number of amides is 5. The van der Waals surface area contributed by atoms with Crippen LogP contribution in [0.3, 0.4) is 0 Å². The summed E-state index contributed by atoms with van der Waals surface area (Å²) in [6.07, 6.45) is 2.30. The second kappa shape index (κ2) is 9.81. The molecule has 0 bridgehead atoms. The first kappa shape index (κ1) is 24.1. The van der Waals surface area contributed by atoms with Crippen molar-refractivity contribution in [1.82, 2.24) is 15.2 Å². The third-order valence-corrected chi connectivity index (χ3v) is 6.55. The fourth-order valence-corrected chi connectivity index (χ4v) is 4.64. The summed E-state index contributed by atoms with van der Waals surface area (Å²) in [6.45, 7) is 2.06. The molecule has 1 atom stereocenters. The van der Waals surface area contributed by atoms with Crippen molar-refractivity contribution < 1.29 is 28.7 Å². The van der Waals surface area contributed by atoms with Gasteiger partial charge in [-0.25, -0.2) is 0 Å². The molecule has 2 aromatic carbocycles. The molecule has 3 heterocycles. The number of piperidine rings is 1. The van der Waals surface area contributed by atoms with Crippen LogP contribution in [0.5, 0.6) is 5.75 Å². The number of hydrogen-bond acceptors (Lipinski definition) is 7. The van der Waals surface area contributed by atoms with Crippen molar-refractivity contribution in [2.75, 3.05) is 11.9 Å². The molecule has 0 saturated carbocycles. The molecule has 37 heavy (non-hydrogen) atoms. The molecule has 3 aromatic rings. The molecular formula is C27H24N4O6. The molecule has 188 valence electrons. The Balaban J connectivity index is 1.20. The minimum absolute atomic E-state index is 0.0457. The molecule has 0 aliphatic carbocycles. The van der Waals surface area contributed by atoms with E-state index >= 15 is 0 Å². The van der Waals surface area contributed by atoms with E-state index < -0.39 is 29.7 Å². The second-order valence-electron chi connectivity index (χ2n) is 8.94. The Morgan fingerprint density at radius 3 is 2.73 bits per heavy atom. The van der Waals surface area contributed by atoms with Crippen LogP contribution < -0.4 is 15.4 Å². The van der Waals surface area contributed by atoms with Gasteiger partial charge in [-0.2, -0.15) is 0 Å². The van der Waals surface area contributed by atoms with Gasteiger partial charge in [-0.15, -0.1) is 0 Å². The van der Waals surface area contributed by atoms with Gasteiger partial charge >= 0.3 is 0 Å². The van der Waals surface area contributed by atoms with Crippen molar-refractivity contribution in [2.24, 2.45) is 0 Å². The predicted molar refractivity (Wildman–Crippen MR) is 133 cm³/mol. The summed E-state index contributed by atoms with van der Waals surface area (Å²) in [7, 11) is 0. The van der Waals surface area contributed by atoms with E-state index in [-0.39, 0.29) is 48.7 Å². The smallest absolute Gasteiger partial charge is 0.266 e. The van der Waals surface area contributed by atoms with Gasteiger partial charge in [-0.05, 0) is 43.5 Å². The van der Waals surface area contributed by atoms with E-state index in [1.807, 2.05) is 31.2 Å². The highest BCUT2D eigenvalue weighted by Gasteiger charge is 2.45. The zero-order valence-corrected chi connectivity index (χ0v) is 20.1. The molecule has 10 nitrogen and oxygen atoms in total. The highest BCUT2D eigenvalue weighted by molar-refractivity contribution is 6.24. The number of benzene rings is 2. The number of nitrogens with one attached hydrogen (secondary N) is 2. The number of carbonyl (C=O) groups is 5. The second-order valence-corrected chi connectivity index (χ2v) is 8.94. The van der Waals surface area contributed by atoms with Crippen LogP contribution in [0, 0.1) is 6.92 Å². The zero-order valence-electron chi connectivity index (χ0n) is 20.1. The summed E-state index contributed by atoms with van der Waals surface area (Å²) < 4.78 is 5.78. The van der Waals surface area contributed by atoms with E-state index in [2.05, 4.69) is 15.6 Å². The van der Waals surface area contributed by atoms with Gasteiger partial charge in [0.25, 0.3) is 11.8 Å². The standard InChI is InChI=1S/C27H24N4O6/c1-15-16-6-2-3-8-18(16)28-14-19(15)29-22(32)10-5-13-37-21-9-4-7-17-24(21)27(36)31(26(17)35)20-11-12-23(33)30-25(20)34/h2-4,6-9,14,20H,5,10-13H2,1H3,(H,29,32)(H,30,33,34). The Hall–Kier alpha value is -4.60. The third kappa shape index (κ3) is 4.53. The van der Waals surface area contributed by atoms with Crippen LogP contribution >= 0.6 is 0 Å². The molecule has 2 aliphatic rings. The molecule has 5 rings (SSSR count). The SMILES string of the molecule is Cc1c(NC(=O)CCCOc2cccc3c2C(=O)N(C2CCC(=O)NC2=O)C3=O)cnc2ccccc12. The molecule has 0 spiro atoms. The van der Waals surface area contributed by atoms with E-state index in [1.54, 1.807) is 18.3 Å². The molecular weight excluding hydrogens is 476 g/mol. The Morgan fingerprint density at radius 2 is 1.92 bits per heavy atom. The minimum Gasteiger partial charge on any atom is -0.493 e. The summed E-state index contributed by atoms with van der Waals surface area (Å²) in [5.74, 6) is -2.33. The van der Waals surface area contributed by atoms with Gasteiger partial charge in [0, 0.05) is 18.2 Å². The largest absolute Gasteiger partial charge is 0.493 e. The highest BCUT2D eigenvalue weighted by atomic mass is 16.5. The van der Waals surface area contributed by atoms with Gasteiger partial charge < -0.3 is 10.1 Å². The molecule has 1 saturated heterocycles. The van der Waals surface area contributed by atoms with E-state index in [4.69, 9.17) is 4.74 Å². The molecule has 1 fully saturated rings. The van der Waals surface area contributed by atoms with E-state index in [1.165, 1.54) is 6.07 Å². The van der Waals surface area contributed by atoms with Gasteiger partial charge in [0.05, 0.1) is 35.1 Å². The number of para-hydroxylation sites is 1. The van der Waals surface area contributed by atoms with Gasteiger partial charge in [-0.3, -0.25) is 39.2 Å². The quantitative estimate of drug-likeness (QED) is 0.376. The average Bonchev–Trinajstić information content (AvgIpc) is 3.14. The minimum atomic E-state index is -1.05. The Bertz CT molecular complexity index is 1470. The number of pyridine rings is 1. The van der Waals surface area contributed by atoms with Crippen LogP contribution in [-0.2, 0) is 14.4 Å². The number of rotatable bonds is 7. The Labute approximate surface area is 212 Å². The van der Waals surface area contributed by atoms with Crippen molar-refractivity contribution in [1.29, 1.82) is 0 Å². The zero-order chi connectivity index (χ0) is 26.1. The van der Waals surface area contributed by atoms with Gasteiger partial charge in [0.1, 0.15) is 11.8 Å². The molecule has 0 radical (unpaired) electrons. The monoisotopic (exact) mass is 500 g/mol. The highest BCUT2D eigenvalue weighted by Crippen LogP contribution is 2.33. The summed E-state index contributed by atoms with van der Waals surface area (Å²) in [6, 6.07) is 11.3. The van der Waals surface area contributed by atoms with Crippen molar-refractivity contribution >= 4 is 46.1 Å². The number of fused-ring (bicyclic) bond motifs is 2. The van der Waals surface area contributed by atoms with Crippen LogP contribution in [0.25, 0.3) is 10.9 Å². The summed E-state index contributed by atoms with van der Waals surface area (Å²) >= 11 is 0. The van der Waals surface area contributed by atoms with Gasteiger partial charge in [-0.1, -0.05) is 24.3 Å². The number of aromatic nitrogens is 1. The van der Waals surface area contributed by atoms with Crippen LogP contribution in [-0.4, -0.2) is 52.1 Å². The maximum absolute atomic E-state index is 13.1. The lowest BCUT2D eigenvalue weighted by Crippen LogP contribution is -2.54. The maximum atomic E-state index is 13.1. The molecule has 2 aliphatic heterocycles. The fraction of sp³-hybridized carbons (Fsp3) is 0.259. The first-order valence-corrected chi connectivity index (χ1v) is 12.0. The molecule has 1 aromatic heterocycles. The average molecular weight is 501 g/mol. The predicted octanol–water partition coefficient (Wildman–Crippen LogP) is 2.74. The van der Waals surface area contributed by atoms with Crippen LogP contribution in [0.1, 0.15) is 52.0 Å². The van der Waals surface area contributed by atoms with Gasteiger partial charge in [0.15, 0.2) is 0 Å². The fourth-order valence-electron chi connectivity index (χ4n) is 4.64. The summed E-state index contributed by atoms with van der Waals surface area (Å²) in [4.78, 5) is 67.5. The van der Waals surface area contributed by atoms with Crippen molar-refractivity contribution in [3.8, 4) is 5.75 Å². The first-order chi connectivity index (χ1) is 17.8. The number of nitrogens with zero attached hydrogens (tertiary/aromatic N) is 2. The lowest BCUT2D eigenvalue weighted by atomic mass is 10.0. The third-order valence-electron chi connectivity index (χ3n) is 6.55. The van der Waals surface area contributed by atoms with Gasteiger partial charge in [0.2, 0.25) is 17.7 Å². The number of hydrogen-bond donors (Lipinski definition) is 2.